The Labute approximate surface area is 63.4 Å². The van der Waals surface area contributed by atoms with Crippen molar-refractivity contribution in [2.45, 2.75) is 6.10 Å². The summed E-state index contributed by atoms with van der Waals surface area (Å²) in [6, 6.07) is 0. The third-order valence-corrected chi connectivity index (χ3v) is 0.913. The van der Waals surface area contributed by atoms with E-state index in [0.29, 0.717) is 0 Å². The van der Waals surface area contributed by atoms with E-state index in [2.05, 4.69) is 17.0 Å². The number of ether oxygens (including phenoxy) is 1. The summed E-state index contributed by atoms with van der Waals surface area (Å²) < 4.78 is 4.15. The SMILES string of the molecule is C=CC(=O)C(O)COC(N)=O. The molecule has 0 spiro atoms. The number of aliphatic hydroxyl groups excluding tert-OH is 1. The van der Waals surface area contributed by atoms with Gasteiger partial charge in [0.2, 0.25) is 0 Å². The van der Waals surface area contributed by atoms with E-state index in [9.17, 15) is 9.59 Å². The first-order chi connectivity index (χ1) is 5.07. The van der Waals surface area contributed by atoms with Gasteiger partial charge in [0.1, 0.15) is 6.61 Å². The predicted octanol–water partition coefficient (Wildman–Crippen LogP) is -0.802. The number of carbonyl (C=O) groups excluding carboxylic acids is 2. The Morgan fingerprint density at radius 3 is 2.64 bits per heavy atom. The summed E-state index contributed by atoms with van der Waals surface area (Å²) >= 11 is 0. The van der Waals surface area contributed by atoms with Gasteiger partial charge >= 0.3 is 6.09 Å². The molecule has 0 heterocycles. The van der Waals surface area contributed by atoms with E-state index >= 15 is 0 Å². The fourth-order valence-corrected chi connectivity index (χ4v) is 0.379. The van der Waals surface area contributed by atoms with Crippen LogP contribution in [0.3, 0.4) is 0 Å². The van der Waals surface area contributed by atoms with Crippen LogP contribution >= 0.6 is 0 Å². The van der Waals surface area contributed by atoms with Gasteiger partial charge in [0.15, 0.2) is 11.9 Å². The van der Waals surface area contributed by atoms with Gasteiger partial charge in [0.25, 0.3) is 0 Å². The molecule has 0 aromatic rings. The van der Waals surface area contributed by atoms with E-state index in [0.717, 1.165) is 6.08 Å². The standard InChI is InChI=1S/C6H9NO4/c1-2-4(8)5(9)3-11-6(7)10/h2,5,9H,1,3H2,(H2,7,10). The minimum atomic E-state index is -1.36. The van der Waals surface area contributed by atoms with Crippen LogP contribution in [0.5, 0.6) is 0 Å². The second-order valence-electron chi connectivity index (χ2n) is 1.75. The van der Waals surface area contributed by atoms with Gasteiger partial charge in [-0.05, 0) is 6.08 Å². The number of aliphatic hydroxyl groups is 1. The molecule has 5 heteroatoms. The Morgan fingerprint density at radius 1 is 1.73 bits per heavy atom. The number of ketones is 1. The van der Waals surface area contributed by atoms with Crippen LogP contribution in [0.1, 0.15) is 0 Å². The molecule has 0 saturated carbocycles. The lowest BCUT2D eigenvalue weighted by Gasteiger charge is -2.05. The predicted molar refractivity (Wildman–Crippen MR) is 36.7 cm³/mol. The number of carbonyl (C=O) groups is 2. The van der Waals surface area contributed by atoms with E-state index in [1.807, 2.05) is 0 Å². The van der Waals surface area contributed by atoms with Crippen LogP contribution in [-0.4, -0.2) is 29.7 Å². The molecule has 0 aliphatic rings. The summed E-state index contributed by atoms with van der Waals surface area (Å²) in [6.07, 6.45) is -1.45. The maximum absolute atomic E-state index is 10.5. The number of hydrogen-bond acceptors (Lipinski definition) is 4. The highest BCUT2D eigenvalue weighted by atomic mass is 16.6. The van der Waals surface area contributed by atoms with Crippen molar-refractivity contribution in [2.24, 2.45) is 5.73 Å². The van der Waals surface area contributed by atoms with Crippen molar-refractivity contribution in [3.05, 3.63) is 12.7 Å². The van der Waals surface area contributed by atoms with Gasteiger partial charge in [-0.25, -0.2) is 4.79 Å². The Kier molecular flexibility index (Phi) is 3.90. The highest BCUT2D eigenvalue weighted by molar-refractivity contribution is 5.93. The molecular weight excluding hydrogens is 150 g/mol. The zero-order valence-corrected chi connectivity index (χ0v) is 5.82. The summed E-state index contributed by atoms with van der Waals surface area (Å²) in [5.41, 5.74) is 4.57. The molecule has 1 unspecified atom stereocenters. The molecule has 5 nitrogen and oxygen atoms in total. The molecule has 0 aromatic heterocycles. The first-order valence-corrected chi connectivity index (χ1v) is 2.84. The number of primary amides is 1. The normalized spacial score (nSPS) is 11.7. The van der Waals surface area contributed by atoms with Crippen molar-refractivity contribution in [1.82, 2.24) is 0 Å². The summed E-state index contributed by atoms with van der Waals surface area (Å²) in [4.78, 5) is 20.5. The summed E-state index contributed by atoms with van der Waals surface area (Å²) in [6.45, 7) is 2.70. The Morgan fingerprint density at radius 2 is 2.27 bits per heavy atom. The fraction of sp³-hybridized carbons (Fsp3) is 0.333. The van der Waals surface area contributed by atoms with Crippen LogP contribution in [0.25, 0.3) is 0 Å². The lowest BCUT2D eigenvalue weighted by molar-refractivity contribution is -0.123. The third-order valence-electron chi connectivity index (χ3n) is 0.913. The fourth-order valence-electron chi connectivity index (χ4n) is 0.379. The van der Waals surface area contributed by atoms with Gasteiger partial charge in [0, 0.05) is 0 Å². The molecule has 0 saturated heterocycles. The van der Waals surface area contributed by atoms with E-state index in [4.69, 9.17) is 5.11 Å². The monoisotopic (exact) mass is 159 g/mol. The minimum Gasteiger partial charge on any atom is -0.446 e. The molecule has 0 bridgehead atoms. The van der Waals surface area contributed by atoms with Crippen LogP contribution in [-0.2, 0) is 9.53 Å². The van der Waals surface area contributed by atoms with Gasteiger partial charge in [-0.3, -0.25) is 4.79 Å². The van der Waals surface area contributed by atoms with Gasteiger partial charge in [0.05, 0.1) is 0 Å². The van der Waals surface area contributed by atoms with Gasteiger partial charge in [-0.1, -0.05) is 6.58 Å². The molecule has 0 fully saturated rings. The van der Waals surface area contributed by atoms with Crippen molar-refractivity contribution in [2.75, 3.05) is 6.61 Å². The van der Waals surface area contributed by atoms with Gasteiger partial charge in [-0.2, -0.15) is 0 Å². The van der Waals surface area contributed by atoms with Crippen molar-refractivity contribution in [1.29, 1.82) is 0 Å². The third kappa shape index (κ3) is 4.10. The molecule has 1 amide bonds. The van der Waals surface area contributed by atoms with E-state index in [1.165, 1.54) is 0 Å². The average Bonchev–Trinajstić information content (AvgIpc) is 1.98. The zero-order chi connectivity index (χ0) is 8.85. The maximum atomic E-state index is 10.5. The molecule has 62 valence electrons. The molecular formula is C6H9NO4. The van der Waals surface area contributed by atoms with E-state index in [1.54, 1.807) is 0 Å². The van der Waals surface area contributed by atoms with Crippen molar-refractivity contribution in [3.63, 3.8) is 0 Å². The van der Waals surface area contributed by atoms with Crippen molar-refractivity contribution in [3.8, 4) is 0 Å². The molecule has 3 N–H and O–H groups in total. The largest absolute Gasteiger partial charge is 0.446 e. The van der Waals surface area contributed by atoms with Crippen molar-refractivity contribution >= 4 is 11.9 Å². The zero-order valence-electron chi connectivity index (χ0n) is 5.82. The number of nitrogens with two attached hydrogens (primary N) is 1. The van der Waals surface area contributed by atoms with Crippen LogP contribution in [0.15, 0.2) is 12.7 Å². The Balaban J connectivity index is 3.68. The lowest BCUT2D eigenvalue weighted by Crippen LogP contribution is -2.27. The first kappa shape index (κ1) is 9.64. The van der Waals surface area contributed by atoms with Crippen LogP contribution < -0.4 is 5.73 Å². The van der Waals surface area contributed by atoms with E-state index < -0.39 is 24.6 Å². The average molecular weight is 159 g/mol. The lowest BCUT2D eigenvalue weighted by atomic mass is 10.2. The van der Waals surface area contributed by atoms with E-state index in [-0.39, 0.29) is 0 Å². The summed E-state index contributed by atoms with van der Waals surface area (Å²) in [7, 11) is 0. The van der Waals surface area contributed by atoms with Crippen LogP contribution in [0.4, 0.5) is 4.79 Å². The maximum Gasteiger partial charge on any atom is 0.404 e. The second kappa shape index (κ2) is 4.45. The second-order valence-corrected chi connectivity index (χ2v) is 1.75. The highest BCUT2D eigenvalue weighted by Gasteiger charge is 2.12. The minimum absolute atomic E-state index is 0.430. The topological polar surface area (TPSA) is 89.6 Å². The first-order valence-electron chi connectivity index (χ1n) is 2.84. The molecule has 0 aliphatic heterocycles. The molecule has 0 aliphatic carbocycles. The molecule has 1 atom stereocenters. The highest BCUT2D eigenvalue weighted by Crippen LogP contribution is 1.88. The molecule has 0 aromatic carbocycles. The Hall–Kier alpha value is -1.36. The molecule has 0 radical (unpaired) electrons. The molecule has 0 rings (SSSR count). The smallest absolute Gasteiger partial charge is 0.404 e. The number of rotatable bonds is 4. The quantitative estimate of drug-likeness (QED) is 0.525. The summed E-state index contributed by atoms with van der Waals surface area (Å²) in [5, 5.41) is 8.81. The van der Waals surface area contributed by atoms with Crippen LogP contribution in [0.2, 0.25) is 0 Å². The number of amides is 1. The number of hydrogen-bond donors (Lipinski definition) is 2. The Bertz CT molecular complexity index is 177. The van der Waals surface area contributed by atoms with Crippen molar-refractivity contribution < 1.29 is 19.4 Å². The van der Waals surface area contributed by atoms with Crippen LogP contribution in [0, 0.1) is 0 Å². The summed E-state index contributed by atoms with van der Waals surface area (Å²) in [5.74, 6) is -0.605. The van der Waals surface area contributed by atoms with Gasteiger partial charge < -0.3 is 15.6 Å². The van der Waals surface area contributed by atoms with Gasteiger partial charge in [-0.15, -0.1) is 0 Å². The molecule has 11 heavy (non-hydrogen) atoms.